The molecule has 0 saturated heterocycles. The number of pyridine rings is 2. The molecule has 1 aliphatic carbocycles. The second-order valence-electron chi connectivity index (χ2n) is 12.6. The lowest BCUT2D eigenvalue weighted by atomic mass is 9.96. The molecule has 0 unspecified atom stereocenters. The van der Waals surface area contributed by atoms with E-state index < -0.39 is 18.3 Å². The predicted octanol–water partition coefficient (Wildman–Crippen LogP) is 6.00. The fourth-order valence-electron chi connectivity index (χ4n) is 5.45. The van der Waals surface area contributed by atoms with Crippen molar-refractivity contribution in [2.75, 3.05) is 23.9 Å². The predicted molar refractivity (Wildman–Crippen MR) is 172 cm³/mol. The van der Waals surface area contributed by atoms with Gasteiger partial charge in [0.05, 0.1) is 39.1 Å². The van der Waals surface area contributed by atoms with E-state index in [9.17, 15) is 9.18 Å². The number of aromatic nitrogens is 2. The molecule has 2 aromatic heterocycles. The topological polar surface area (TPSA) is 86.2 Å². The summed E-state index contributed by atoms with van der Waals surface area (Å²) < 4.78 is 15.5. The Bertz CT molecular complexity index is 1870. The summed E-state index contributed by atoms with van der Waals surface area (Å²) in [5.41, 5.74) is 10.2. The molecule has 2 aromatic carbocycles. The molecule has 1 atom stereocenters. The highest BCUT2D eigenvalue weighted by Gasteiger charge is 2.49. The molecule has 1 aliphatic heterocycles. The van der Waals surface area contributed by atoms with Gasteiger partial charge in [0.25, 0.3) is 5.56 Å². The first-order chi connectivity index (χ1) is 20.5. The minimum Gasteiger partial charge on any atom is -0.383 e. The van der Waals surface area contributed by atoms with Gasteiger partial charge in [-0.05, 0) is 53.5 Å². The molecule has 43 heavy (non-hydrogen) atoms. The van der Waals surface area contributed by atoms with Crippen molar-refractivity contribution in [1.29, 1.82) is 0 Å². The third kappa shape index (κ3) is 5.37. The molecule has 1 saturated carbocycles. The number of rotatable bonds is 8. The minimum atomic E-state index is -0.550. The molecule has 1 fully saturated rings. The van der Waals surface area contributed by atoms with Crippen molar-refractivity contribution in [3.63, 3.8) is 0 Å². The molecule has 4 aromatic rings. The standard InChI is InChI=1S/C33H35ClFN7O/c1-6-20-16-36-29-25(28(20)37-19-32(2,3)4)14-21(15-26(29)34)38-30(27-17-42(40-39-27)33(18-35)11-12-33)23-8-7-9-24-22(23)10-13-41(5)31(24)43/h1,7-10,13-17,30,38-40H,11-12,18-19H2,2-5H3,(H,36,37)/t30-/m0/s1. The average molecular weight is 600 g/mol. The molecule has 0 amide bonds. The van der Waals surface area contributed by atoms with Gasteiger partial charge in [0, 0.05) is 48.6 Å². The lowest BCUT2D eigenvalue weighted by Crippen LogP contribution is -2.46. The quantitative estimate of drug-likeness (QED) is 0.185. The lowest BCUT2D eigenvalue weighted by Gasteiger charge is -2.24. The van der Waals surface area contributed by atoms with Crippen molar-refractivity contribution in [2.24, 2.45) is 12.5 Å². The zero-order valence-electron chi connectivity index (χ0n) is 24.7. The number of aryl methyl sites for hydroxylation is 1. The number of nitrogens with zero attached hydrogens (tertiary/aromatic N) is 3. The smallest absolute Gasteiger partial charge is 0.258 e. The summed E-state index contributed by atoms with van der Waals surface area (Å²) in [6.45, 7) is 6.68. The molecule has 0 bridgehead atoms. The highest BCUT2D eigenvalue weighted by atomic mass is 35.5. The second kappa shape index (κ2) is 10.8. The van der Waals surface area contributed by atoms with Gasteiger partial charge >= 0.3 is 0 Å². The first-order valence-corrected chi connectivity index (χ1v) is 14.7. The van der Waals surface area contributed by atoms with Crippen LogP contribution in [0.4, 0.5) is 15.8 Å². The van der Waals surface area contributed by atoms with E-state index in [1.807, 2.05) is 47.6 Å². The highest BCUT2D eigenvalue weighted by Crippen LogP contribution is 2.43. The number of hydrogen-bond donors (Lipinski definition) is 4. The van der Waals surface area contributed by atoms with Crippen LogP contribution in [0, 0.1) is 17.8 Å². The van der Waals surface area contributed by atoms with Crippen LogP contribution in [-0.4, -0.2) is 33.3 Å². The van der Waals surface area contributed by atoms with Crippen LogP contribution < -0.4 is 27.2 Å². The summed E-state index contributed by atoms with van der Waals surface area (Å²) in [5.74, 6) is 2.75. The maximum atomic E-state index is 14.0. The van der Waals surface area contributed by atoms with Gasteiger partial charge in [-0.3, -0.25) is 14.8 Å². The van der Waals surface area contributed by atoms with Crippen LogP contribution >= 0.6 is 11.6 Å². The second-order valence-corrected chi connectivity index (χ2v) is 13.0. The van der Waals surface area contributed by atoms with Crippen LogP contribution in [0.1, 0.15) is 50.8 Å². The summed E-state index contributed by atoms with van der Waals surface area (Å²) in [4.78, 5) is 17.6. The number of nitrogens with one attached hydrogen (secondary N) is 4. The van der Waals surface area contributed by atoms with Crippen molar-refractivity contribution < 1.29 is 4.39 Å². The largest absolute Gasteiger partial charge is 0.383 e. The molecule has 0 radical (unpaired) electrons. The van der Waals surface area contributed by atoms with Crippen molar-refractivity contribution in [2.45, 2.75) is 45.2 Å². The Morgan fingerprint density at radius 3 is 2.70 bits per heavy atom. The number of terminal acetylenes is 1. The van der Waals surface area contributed by atoms with E-state index >= 15 is 0 Å². The molecule has 6 rings (SSSR count). The Balaban J connectivity index is 1.49. The lowest BCUT2D eigenvalue weighted by molar-refractivity contribution is 0.146. The summed E-state index contributed by atoms with van der Waals surface area (Å²) in [6, 6.07) is 11.0. The first kappa shape index (κ1) is 28.8. The van der Waals surface area contributed by atoms with E-state index in [0.29, 0.717) is 28.0 Å². The number of halogens is 2. The maximum absolute atomic E-state index is 14.0. The van der Waals surface area contributed by atoms with E-state index in [1.54, 1.807) is 24.0 Å². The number of benzene rings is 2. The summed E-state index contributed by atoms with van der Waals surface area (Å²) >= 11 is 6.83. The monoisotopic (exact) mass is 599 g/mol. The van der Waals surface area contributed by atoms with Crippen molar-refractivity contribution in [1.82, 2.24) is 25.5 Å². The number of anilines is 2. The number of hydrazine groups is 2. The van der Waals surface area contributed by atoms with E-state index in [1.165, 1.54) is 0 Å². The van der Waals surface area contributed by atoms with Gasteiger partial charge in [0.2, 0.25) is 0 Å². The molecule has 3 heterocycles. The van der Waals surface area contributed by atoms with Gasteiger partial charge in [-0.25, -0.2) is 4.39 Å². The zero-order valence-corrected chi connectivity index (χ0v) is 25.4. The zero-order chi connectivity index (χ0) is 30.5. The molecular weight excluding hydrogens is 565 g/mol. The maximum Gasteiger partial charge on any atom is 0.258 e. The number of fused-ring (bicyclic) bond motifs is 2. The van der Waals surface area contributed by atoms with Gasteiger partial charge in [-0.2, -0.15) is 0 Å². The fourth-order valence-corrected chi connectivity index (χ4v) is 5.72. The molecule has 4 N–H and O–H groups in total. The van der Waals surface area contributed by atoms with Gasteiger partial charge < -0.3 is 20.6 Å². The third-order valence-electron chi connectivity index (χ3n) is 8.14. The molecule has 2 aliphatic rings. The van der Waals surface area contributed by atoms with Crippen LogP contribution in [0.5, 0.6) is 0 Å². The Morgan fingerprint density at radius 2 is 2.00 bits per heavy atom. The third-order valence-corrected chi connectivity index (χ3v) is 8.43. The van der Waals surface area contributed by atoms with E-state index in [-0.39, 0.29) is 11.0 Å². The van der Waals surface area contributed by atoms with Gasteiger partial charge in [-0.1, -0.05) is 50.4 Å². The van der Waals surface area contributed by atoms with Crippen LogP contribution in [0.3, 0.4) is 0 Å². The van der Waals surface area contributed by atoms with Crippen molar-refractivity contribution in [3.8, 4) is 12.3 Å². The minimum absolute atomic E-state index is 0.00958. The normalized spacial score (nSPS) is 16.5. The Morgan fingerprint density at radius 1 is 1.21 bits per heavy atom. The Labute approximate surface area is 255 Å². The van der Waals surface area contributed by atoms with Gasteiger partial charge in [-0.15, -0.1) is 12.0 Å². The van der Waals surface area contributed by atoms with Crippen molar-refractivity contribution >= 4 is 44.7 Å². The molecule has 10 heteroatoms. The van der Waals surface area contributed by atoms with Crippen LogP contribution in [-0.2, 0) is 7.05 Å². The number of hydrogen-bond acceptors (Lipinski definition) is 7. The summed E-state index contributed by atoms with van der Waals surface area (Å²) in [6.07, 6.45) is 12.7. The van der Waals surface area contributed by atoms with E-state index in [0.717, 1.165) is 46.2 Å². The molecule has 8 nitrogen and oxygen atoms in total. The molecule has 0 spiro atoms. The fraction of sp³-hybridized carbons (Fsp3) is 0.333. The Hall–Kier alpha value is -4.26. The summed E-state index contributed by atoms with van der Waals surface area (Å²) in [5, 5.41) is 11.7. The summed E-state index contributed by atoms with van der Waals surface area (Å²) in [7, 11) is 1.74. The Kier molecular flexibility index (Phi) is 7.23. The van der Waals surface area contributed by atoms with Gasteiger partial charge in [0.15, 0.2) is 0 Å². The van der Waals surface area contributed by atoms with Crippen LogP contribution in [0.2, 0.25) is 5.02 Å². The van der Waals surface area contributed by atoms with Crippen LogP contribution in [0.15, 0.2) is 65.5 Å². The van der Waals surface area contributed by atoms with Crippen molar-refractivity contribution in [3.05, 3.63) is 87.2 Å². The van der Waals surface area contributed by atoms with Crippen LogP contribution in [0.25, 0.3) is 21.7 Å². The number of alkyl halides is 1. The SMILES string of the molecule is C#Cc1cnc2c(Cl)cc(N[C@H](C3=CN(C4(CF)CC4)NN3)c3cccc4c(=O)n(C)ccc34)cc2c1NCC(C)(C)C. The highest BCUT2D eigenvalue weighted by molar-refractivity contribution is 6.35. The average Bonchev–Trinajstić information content (AvgIpc) is 3.63. The first-order valence-electron chi connectivity index (χ1n) is 14.3. The molecular formula is C33H35ClFN7O. The van der Waals surface area contributed by atoms with E-state index in [2.05, 4.69) is 53.3 Å². The van der Waals surface area contributed by atoms with Gasteiger partial charge in [0.1, 0.15) is 6.67 Å². The van der Waals surface area contributed by atoms with E-state index in [4.69, 9.17) is 18.0 Å². The molecule has 222 valence electrons.